The van der Waals surface area contributed by atoms with Crippen molar-refractivity contribution in [2.45, 2.75) is 13.3 Å². The molecule has 2 aliphatic rings. The van der Waals surface area contributed by atoms with Crippen LogP contribution < -0.4 is 19.7 Å². The number of fused-ring (bicyclic) bond motifs is 1. The minimum atomic E-state index is 0.201. The van der Waals surface area contributed by atoms with E-state index in [1.165, 1.54) is 11.3 Å². The van der Waals surface area contributed by atoms with E-state index in [1.54, 1.807) is 0 Å². The van der Waals surface area contributed by atoms with Crippen molar-refractivity contribution in [2.75, 3.05) is 49.7 Å². The number of nitrogens with zero attached hydrogens (tertiary/aromatic N) is 2. The Labute approximate surface area is 159 Å². The van der Waals surface area contributed by atoms with Gasteiger partial charge >= 0.3 is 0 Å². The van der Waals surface area contributed by atoms with Crippen LogP contribution in [0, 0.1) is 6.92 Å². The number of amides is 1. The highest BCUT2D eigenvalue weighted by Crippen LogP contribution is 2.34. The van der Waals surface area contributed by atoms with E-state index in [-0.39, 0.29) is 12.7 Å². The second-order valence-electron chi connectivity index (χ2n) is 6.95. The van der Waals surface area contributed by atoms with Crippen LogP contribution in [0.3, 0.4) is 0 Å². The number of carbonyl (C=O) groups is 1. The molecule has 1 N–H and O–H groups in total. The zero-order chi connectivity index (χ0) is 18.6. The first-order chi connectivity index (χ1) is 13.2. The van der Waals surface area contributed by atoms with Crippen molar-refractivity contribution in [3.05, 3.63) is 48.0 Å². The van der Waals surface area contributed by atoms with Crippen LogP contribution in [-0.2, 0) is 4.79 Å². The van der Waals surface area contributed by atoms with Gasteiger partial charge in [-0.1, -0.05) is 12.1 Å². The summed E-state index contributed by atoms with van der Waals surface area (Å²) in [4.78, 5) is 16.8. The van der Waals surface area contributed by atoms with Crippen LogP contribution in [0.1, 0.15) is 12.0 Å². The molecule has 2 heterocycles. The summed E-state index contributed by atoms with van der Waals surface area (Å²) in [5, 5.41) is 3.29. The first-order valence-corrected chi connectivity index (χ1v) is 9.42. The molecule has 6 heteroatoms. The average Bonchev–Trinajstić information content (AvgIpc) is 3.16. The van der Waals surface area contributed by atoms with Crippen molar-refractivity contribution in [3.8, 4) is 11.5 Å². The molecule has 0 aliphatic carbocycles. The van der Waals surface area contributed by atoms with Crippen LogP contribution in [0.25, 0.3) is 0 Å². The summed E-state index contributed by atoms with van der Waals surface area (Å²) in [7, 11) is 0. The molecule has 0 radical (unpaired) electrons. The van der Waals surface area contributed by atoms with Crippen molar-refractivity contribution in [2.24, 2.45) is 0 Å². The van der Waals surface area contributed by atoms with Crippen LogP contribution in [0.5, 0.6) is 11.5 Å². The second kappa shape index (κ2) is 7.78. The normalized spacial score (nSPS) is 15.7. The first-order valence-electron chi connectivity index (χ1n) is 9.42. The van der Waals surface area contributed by atoms with Gasteiger partial charge in [-0.15, -0.1) is 0 Å². The maximum absolute atomic E-state index is 12.5. The van der Waals surface area contributed by atoms with Gasteiger partial charge in [0.15, 0.2) is 11.5 Å². The Morgan fingerprint density at radius 2 is 1.85 bits per heavy atom. The molecule has 4 rings (SSSR count). The Balaban J connectivity index is 1.23. The van der Waals surface area contributed by atoms with Gasteiger partial charge in [0.25, 0.3) is 0 Å². The van der Waals surface area contributed by atoms with E-state index >= 15 is 0 Å². The van der Waals surface area contributed by atoms with Crippen molar-refractivity contribution in [3.63, 3.8) is 0 Å². The van der Waals surface area contributed by atoms with Gasteiger partial charge < -0.3 is 24.6 Å². The minimum absolute atomic E-state index is 0.201. The van der Waals surface area contributed by atoms with Gasteiger partial charge in [0, 0.05) is 56.6 Å². The fraction of sp³-hybridized carbons (Fsp3) is 0.381. The molecule has 0 saturated carbocycles. The maximum atomic E-state index is 12.5. The molecule has 2 aliphatic heterocycles. The lowest BCUT2D eigenvalue weighted by atomic mass is 10.2. The van der Waals surface area contributed by atoms with E-state index in [2.05, 4.69) is 41.4 Å². The van der Waals surface area contributed by atoms with Gasteiger partial charge in [0.05, 0.1) is 0 Å². The number of aryl methyl sites for hydroxylation is 1. The van der Waals surface area contributed by atoms with Crippen molar-refractivity contribution < 1.29 is 14.3 Å². The number of rotatable bonds is 5. The molecule has 1 amide bonds. The van der Waals surface area contributed by atoms with Crippen LogP contribution in [0.15, 0.2) is 42.5 Å². The Hall–Kier alpha value is -2.89. The fourth-order valence-electron chi connectivity index (χ4n) is 3.52. The third kappa shape index (κ3) is 4.10. The van der Waals surface area contributed by atoms with Crippen LogP contribution >= 0.6 is 0 Å². The maximum Gasteiger partial charge on any atom is 0.231 e. The fourth-order valence-corrected chi connectivity index (χ4v) is 3.52. The molecule has 6 nitrogen and oxygen atoms in total. The van der Waals surface area contributed by atoms with Gasteiger partial charge in [-0.3, -0.25) is 4.79 Å². The highest BCUT2D eigenvalue weighted by molar-refractivity contribution is 5.77. The predicted octanol–water partition coefficient (Wildman–Crippen LogP) is 2.87. The molecule has 0 aromatic heterocycles. The molecular formula is C21H25N3O3. The van der Waals surface area contributed by atoms with E-state index < -0.39 is 0 Å². The number of hydrogen-bond acceptors (Lipinski definition) is 5. The van der Waals surface area contributed by atoms with Crippen LogP contribution in [0.2, 0.25) is 0 Å². The minimum Gasteiger partial charge on any atom is -0.454 e. The molecule has 1 fully saturated rings. The monoisotopic (exact) mass is 367 g/mol. The summed E-state index contributed by atoms with van der Waals surface area (Å²) in [6, 6.07) is 14.3. The highest BCUT2D eigenvalue weighted by Gasteiger charge is 2.21. The van der Waals surface area contributed by atoms with E-state index in [0.29, 0.717) is 13.0 Å². The van der Waals surface area contributed by atoms with Gasteiger partial charge in [-0.25, -0.2) is 0 Å². The number of hydrogen-bond donors (Lipinski definition) is 1. The lowest BCUT2D eigenvalue weighted by molar-refractivity contribution is -0.131. The average molecular weight is 367 g/mol. The van der Waals surface area contributed by atoms with Crippen molar-refractivity contribution >= 4 is 17.3 Å². The lowest BCUT2D eigenvalue weighted by Crippen LogP contribution is -2.49. The smallest absolute Gasteiger partial charge is 0.231 e. The summed E-state index contributed by atoms with van der Waals surface area (Å²) in [6.45, 7) is 6.29. The van der Waals surface area contributed by atoms with Crippen LogP contribution in [0.4, 0.5) is 11.4 Å². The number of anilines is 2. The zero-order valence-corrected chi connectivity index (χ0v) is 15.6. The summed E-state index contributed by atoms with van der Waals surface area (Å²) in [5.41, 5.74) is 3.45. The Bertz CT molecular complexity index is 816. The van der Waals surface area contributed by atoms with E-state index in [4.69, 9.17) is 9.47 Å². The SMILES string of the molecule is Cc1cccc(N2CCN(C(=O)CCNc3ccc4c(c3)OCO4)CC2)c1. The zero-order valence-electron chi connectivity index (χ0n) is 15.6. The molecule has 2 aromatic carbocycles. The number of carbonyl (C=O) groups excluding carboxylic acids is 1. The van der Waals surface area contributed by atoms with Crippen LogP contribution in [-0.4, -0.2) is 50.3 Å². The first kappa shape index (κ1) is 17.5. The molecular weight excluding hydrogens is 342 g/mol. The van der Waals surface area contributed by atoms with E-state index in [1.807, 2.05) is 23.1 Å². The number of piperazine rings is 1. The molecule has 1 saturated heterocycles. The standard InChI is InChI=1S/C21H25N3O3/c1-16-3-2-4-18(13-16)23-9-11-24(12-10-23)21(25)7-8-22-17-5-6-19-20(14-17)27-15-26-19/h2-6,13-14,22H,7-12,15H2,1H3. The highest BCUT2D eigenvalue weighted by atomic mass is 16.7. The predicted molar refractivity (Wildman–Crippen MR) is 106 cm³/mol. The topological polar surface area (TPSA) is 54.0 Å². The quantitative estimate of drug-likeness (QED) is 0.881. The van der Waals surface area contributed by atoms with E-state index in [0.717, 1.165) is 43.4 Å². The number of nitrogens with one attached hydrogen (secondary N) is 1. The van der Waals surface area contributed by atoms with Crippen molar-refractivity contribution in [1.82, 2.24) is 4.90 Å². The molecule has 27 heavy (non-hydrogen) atoms. The third-order valence-electron chi connectivity index (χ3n) is 5.04. The summed E-state index contributed by atoms with van der Waals surface area (Å²) in [6.07, 6.45) is 0.485. The molecule has 0 atom stereocenters. The summed E-state index contributed by atoms with van der Waals surface area (Å²) < 4.78 is 10.7. The number of ether oxygens (including phenoxy) is 2. The van der Waals surface area contributed by atoms with Crippen molar-refractivity contribution in [1.29, 1.82) is 0 Å². The third-order valence-corrected chi connectivity index (χ3v) is 5.04. The largest absolute Gasteiger partial charge is 0.454 e. The summed E-state index contributed by atoms with van der Waals surface area (Å²) in [5.74, 6) is 1.72. The Morgan fingerprint density at radius 3 is 2.67 bits per heavy atom. The van der Waals surface area contributed by atoms with Gasteiger partial charge in [0.2, 0.25) is 12.7 Å². The summed E-state index contributed by atoms with van der Waals surface area (Å²) >= 11 is 0. The van der Waals surface area contributed by atoms with E-state index in [9.17, 15) is 4.79 Å². The second-order valence-corrected chi connectivity index (χ2v) is 6.95. The molecule has 0 bridgehead atoms. The molecule has 0 unspecified atom stereocenters. The van der Waals surface area contributed by atoms with Gasteiger partial charge in [-0.2, -0.15) is 0 Å². The molecule has 2 aromatic rings. The van der Waals surface area contributed by atoms with Gasteiger partial charge in [-0.05, 0) is 36.8 Å². The lowest BCUT2D eigenvalue weighted by Gasteiger charge is -2.36. The number of benzene rings is 2. The Kier molecular flexibility index (Phi) is 5.05. The molecule has 0 spiro atoms. The van der Waals surface area contributed by atoms with Gasteiger partial charge in [0.1, 0.15) is 0 Å². The Morgan fingerprint density at radius 1 is 1.04 bits per heavy atom. The molecule has 142 valence electrons.